The quantitative estimate of drug-likeness (QED) is 0.840. The summed E-state index contributed by atoms with van der Waals surface area (Å²) < 4.78 is 28.7. The van der Waals surface area contributed by atoms with Gasteiger partial charge in [-0.25, -0.2) is 13.2 Å². The summed E-state index contributed by atoms with van der Waals surface area (Å²) in [6, 6.07) is 6.73. The normalized spacial score (nSPS) is 24.0. The highest BCUT2D eigenvalue weighted by atomic mass is 32.2. The van der Waals surface area contributed by atoms with Gasteiger partial charge in [-0.2, -0.15) is 0 Å². The lowest BCUT2D eigenvalue weighted by Crippen LogP contribution is -2.40. The number of benzene rings is 1. The van der Waals surface area contributed by atoms with E-state index >= 15 is 0 Å². The van der Waals surface area contributed by atoms with Gasteiger partial charge in [-0.1, -0.05) is 12.1 Å². The van der Waals surface area contributed by atoms with Crippen LogP contribution in [0.15, 0.2) is 29.2 Å². The number of amides is 1. The summed E-state index contributed by atoms with van der Waals surface area (Å²) in [4.78, 5) is 12.6. The van der Waals surface area contributed by atoms with Crippen LogP contribution >= 0.6 is 0 Å². The van der Waals surface area contributed by atoms with E-state index in [2.05, 4.69) is 0 Å². The van der Waals surface area contributed by atoms with E-state index in [4.69, 9.17) is 9.84 Å². The second-order valence-corrected chi connectivity index (χ2v) is 7.69. The van der Waals surface area contributed by atoms with Crippen LogP contribution in [0.4, 0.5) is 4.79 Å². The van der Waals surface area contributed by atoms with Crippen LogP contribution in [-0.4, -0.2) is 49.5 Å². The minimum Gasteiger partial charge on any atom is -0.465 e. The molecule has 1 amide bonds. The van der Waals surface area contributed by atoms with Crippen molar-refractivity contribution in [1.29, 1.82) is 0 Å². The number of sulfone groups is 1. The molecule has 0 aromatic heterocycles. The minimum atomic E-state index is -3.19. The van der Waals surface area contributed by atoms with Crippen molar-refractivity contribution < 1.29 is 23.1 Å². The molecular formula is C14H17NO5S. The zero-order chi connectivity index (χ0) is 15.3. The summed E-state index contributed by atoms with van der Waals surface area (Å²) in [6.07, 6.45) is 1.59. The van der Waals surface area contributed by atoms with Crippen molar-refractivity contribution in [1.82, 2.24) is 4.90 Å². The van der Waals surface area contributed by atoms with E-state index in [0.29, 0.717) is 30.8 Å². The molecule has 0 bridgehead atoms. The maximum atomic E-state index is 11.4. The molecule has 1 atom stereocenters. The molecule has 1 aromatic carbocycles. The van der Waals surface area contributed by atoms with Gasteiger partial charge in [0.25, 0.3) is 0 Å². The van der Waals surface area contributed by atoms with Gasteiger partial charge in [-0.05, 0) is 30.5 Å². The number of epoxide rings is 1. The van der Waals surface area contributed by atoms with Crippen LogP contribution in [0, 0.1) is 0 Å². The van der Waals surface area contributed by atoms with Crippen LogP contribution in [0.3, 0.4) is 0 Å². The van der Waals surface area contributed by atoms with E-state index in [9.17, 15) is 13.2 Å². The van der Waals surface area contributed by atoms with Gasteiger partial charge in [-0.15, -0.1) is 0 Å². The molecule has 2 heterocycles. The van der Waals surface area contributed by atoms with E-state index < -0.39 is 15.9 Å². The molecular weight excluding hydrogens is 294 g/mol. The number of nitrogens with zero attached hydrogens (tertiary/aromatic N) is 1. The fourth-order valence-corrected chi connectivity index (χ4v) is 3.55. The fraction of sp³-hybridized carbons (Fsp3) is 0.500. The fourth-order valence-electron chi connectivity index (χ4n) is 2.92. The molecule has 3 rings (SSSR count). The summed E-state index contributed by atoms with van der Waals surface area (Å²) >= 11 is 0. The maximum absolute atomic E-state index is 11.4. The highest BCUT2D eigenvalue weighted by Crippen LogP contribution is 2.55. The van der Waals surface area contributed by atoms with Crippen LogP contribution in [0.25, 0.3) is 0 Å². The van der Waals surface area contributed by atoms with Gasteiger partial charge in [-0.3, -0.25) is 0 Å². The zero-order valence-corrected chi connectivity index (χ0v) is 12.5. The van der Waals surface area contributed by atoms with Crippen molar-refractivity contribution in [2.75, 3.05) is 19.3 Å². The third kappa shape index (κ3) is 2.63. The summed E-state index contributed by atoms with van der Waals surface area (Å²) in [5, 5.41) is 8.95. The zero-order valence-electron chi connectivity index (χ0n) is 11.7. The van der Waals surface area contributed by atoms with E-state index in [1.165, 1.54) is 11.2 Å². The number of ether oxygens (including phenoxy) is 1. The second kappa shape index (κ2) is 4.71. The number of rotatable bonds is 2. The summed E-state index contributed by atoms with van der Waals surface area (Å²) in [7, 11) is -3.19. The van der Waals surface area contributed by atoms with Crippen molar-refractivity contribution >= 4 is 15.9 Å². The Balaban J connectivity index is 1.70. The minimum absolute atomic E-state index is 0.0537. The SMILES string of the molecule is CS(=O)(=O)c1ccc(C2OC23CCN(C(=O)O)CC3)cc1. The summed E-state index contributed by atoms with van der Waals surface area (Å²) in [5.74, 6) is 0. The Morgan fingerprint density at radius 2 is 1.86 bits per heavy atom. The molecule has 0 radical (unpaired) electrons. The first kappa shape index (κ1) is 14.3. The van der Waals surface area contributed by atoms with Crippen LogP contribution in [0.5, 0.6) is 0 Å². The first-order valence-corrected chi connectivity index (χ1v) is 8.67. The molecule has 2 fully saturated rings. The number of hydrogen-bond donors (Lipinski definition) is 1. The maximum Gasteiger partial charge on any atom is 0.407 e. The molecule has 114 valence electrons. The van der Waals surface area contributed by atoms with Crippen molar-refractivity contribution in [3.05, 3.63) is 29.8 Å². The Morgan fingerprint density at radius 3 is 2.33 bits per heavy atom. The number of carbonyl (C=O) groups is 1. The van der Waals surface area contributed by atoms with Gasteiger partial charge in [0.1, 0.15) is 11.7 Å². The summed E-state index contributed by atoms with van der Waals surface area (Å²) in [5.41, 5.74) is 0.685. The Hall–Kier alpha value is -1.60. The smallest absolute Gasteiger partial charge is 0.407 e. The van der Waals surface area contributed by atoms with Gasteiger partial charge >= 0.3 is 6.09 Å². The lowest BCUT2D eigenvalue weighted by atomic mass is 9.90. The highest BCUT2D eigenvalue weighted by molar-refractivity contribution is 7.90. The molecule has 2 aliphatic rings. The number of likely N-dealkylation sites (tertiary alicyclic amines) is 1. The average Bonchev–Trinajstić information content (AvgIpc) is 3.12. The topological polar surface area (TPSA) is 87.2 Å². The second-order valence-electron chi connectivity index (χ2n) is 5.67. The molecule has 1 unspecified atom stereocenters. The van der Waals surface area contributed by atoms with Crippen molar-refractivity contribution in [3.63, 3.8) is 0 Å². The monoisotopic (exact) mass is 311 g/mol. The van der Waals surface area contributed by atoms with E-state index in [0.717, 1.165) is 5.56 Å². The largest absolute Gasteiger partial charge is 0.465 e. The summed E-state index contributed by atoms with van der Waals surface area (Å²) in [6.45, 7) is 0.959. The van der Waals surface area contributed by atoms with Crippen LogP contribution < -0.4 is 0 Å². The predicted octanol–water partition coefficient (Wildman–Crippen LogP) is 1.67. The molecule has 2 aliphatic heterocycles. The molecule has 0 aliphatic carbocycles. The standard InChI is InChI=1S/C14H17NO5S/c1-21(18,19)11-4-2-10(3-5-11)12-14(20-12)6-8-15(9-7-14)13(16)17/h2-5,12H,6-9H2,1H3,(H,16,17). The Bertz CT molecular complexity index is 659. The molecule has 21 heavy (non-hydrogen) atoms. The van der Waals surface area contributed by atoms with Gasteiger partial charge in [0.2, 0.25) is 0 Å². The van der Waals surface area contributed by atoms with Crippen LogP contribution in [0.1, 0.15) is 24.5 Å². The lowest BCUT2D eigenvalue weighted by molar-refractivity contribution is 0.113. The van der Waals surface area contributed by atoms with Crippen molar-refractivity contribution in [2.45, 2.75) is 29.4 Å². The molecule has 1 N–H and O–H groups in total. The third-order valence-corrected chi connectivity index (χ3v) is 5.39. The number of piperidine rings is 1. The van der Waals surface area contributed by atoms with Crippen LogP contribution in [0.2, 0.25) is 0 Å². The van der Waals surface area contributed by atoms with Gasteiger partial charge < -0.3 is 14.7 Å². The molecule has 1 aromatic rings. The molecule has 0 saturated carbocycles. The average molecular weight is 311 g/mol. The van der Waals surface area contributed by atoms with Crippen molar-refractivity contribution in [2.24, 2.45) is 0 Å². The van der Waals surface area contributed by atoms with Gasteiger partial charge in [0, 0.05) is 19.3 Å². The Kier molecular flexibility index (Phi) is 3.22. The van der Waals surface area contributed by atoms with Gasteiger partial charge in [0.15, 0.2) is 9.84 Å². The van der Waals surface area contributed by atoms with E-state index in [-0.39, 0.29) is 11.7 Å². The molecule has 1 spiro atoms. The lowest BCUT2D eigenvalue weighted by Gasteiger charge is -2.28. The molecule has 6 nitrogen and oxygen atoms in total. The molecule has 7 heteroatoms. The van der Waals surface area contributed by atoms with Gasteiger partial charge in [0.05, 0.1) is 4.90 Å². The number of carboxylic acid groups (broad SMARTS) is 1. The van der Waals surface area contributed by atoms with E-state index in [1.807, 2.05) is 0 Å². The first-order chi connectivity index (χ1) is 9.82. The highest BCUT2D eigenvalue weighted by Gasteiger charge is 2.58. The first-order valence-electron chi connectivity index (χ1n) is 6.78. The van der Waals surface area contributed by atoms with E-state index in [1.54, 1.807) is 24.3 Å². The Labute approximate surface area is 123 Å². The third-order valence-electron chi connectivity index (χ3n) is 4.26. The van der Waals surface area contributed by atoms with Crippen LogP contribution in [-0.2, 0) is 14.6 Å². The van der Waals surface area contributed by atoms with Crippen molar-refractivity contribution in [3.8, 4) is 0 Å². The molecule has 2 saturated heterocycles. The predicted molar refractivity (Wildman–Crippen MR) is 74.9 cm³/mol. The number of hydrogen-bond acceptors (Lipinski definition) is 4. The Morgan fingerprint density at radius 1 is 1.29 bits per heavy atom.